The van der Waals surface area contributed by atoms with E-state index in [2.05, 4.69) is 10.6 Å². The molecular formula is C17H19FN2O3S. The number of para-hydroxylation sites is 1. The Bertz CT molecular complexity index is 818. The molecule has 0 saturated carbocycles. The van der Waals surface area contributed by atoms with Crippen molar-refractivity contribution >= 4 is 21.6 Å². The molecule has 2 N–H and O–H groups in total. The van der Waals surface area contributed by atoms with Crippen LogP contribution >= 0.6 is 0 Å². The van der Waals surface area contributed by atoms with Crippen molar-refractivity contribution in [2.45, 2.75) is 30.5 Å². The number of sulfone groups is 1. The lowest BCUT2D eigenvalue weighted by atomic mass is 10.2. The quantitative estimate of drug-likeness (QED) is 0.868. The maximum atomic E-state index is 12.8. The molecule has 24 heavy (non-hydrogen) atoms. The minimum atomic E-state index is -3.51. The number of carbonyl (C=O) groups excluding carboxylic acids is 1. The highest BCUT2D eigenvalue weighted by molar-refractivity contribution is 7.92. The van der Waals surface area contributed by atoms with Gasteiger partial charge in [0.2, 0.25) is 0 Å². The van der Waals surface area contributed by atoms with Crippen LogP contribution in [0.4, 0.5) is 14.9 Å². The zero-order valence-corrected chi connectivity index (χ0v) is 14.2. The van der Waals surface area contributed by atoms with Gasteiger partial charge in [-0.2, -0.15) is 0 Å². The van der Waals surface area contributed by atoms with Crippen molar-refractivity contribution in [1.82, 2.24) is 5.32 Å². The Hall–Kier alpha value is -2.41. The van der Waals surface area contributed by atoms with Crippen LogP contribution in [0.15, 0.2) is 53.4 Å². The molecule has 0 aliphatic carbocycles. The summed E-state index contributed by atoms with van der Waals surface area (Å²) in [5.41, 5.74) is 0.956. The van der Waals surface area contributed by atoms with Gasteiger partial charge in [-0.05, 0) is 43.7 Å². The third kappa shape index (κ3) is 4.32. The molecule has 0 heterocycles. The number of amides is 2. The molecule has 2 amide bonds. The van der Waals surface area contributed by atoms with E-state index >= 15 is 0 Å². The van der Waals surface area contributed by atoms with Crippen LogP contribution in [0.2, 0.25) is 0 Å². The number of hydrogen-bond donors (Lipinski definition) is 2. The summed E-state index contributed by atoms with van der Waals surface area (Å²) < 4.78 is 37.5. The maximum absolute atomic E-state index is 12.8. The van der Waals surface area contributed by atoms with Gasteiger partial charge in [-0.15, -0.1) is 0 Å². The molecule has 2 aromatic carbocycles. The van der Waals surface area contributed by atoms with E-state index in [0.29, 0.717) is 0 Å². The van der Waals surface area contributed by atoms with Crippen molar-refractivity contribution < 1.29 is 17.6 Å². The zero-order chi connectivity index (χ0) is 17.7. The normalized spacial score (nSPS) is 11.3. The first-order valence-corrected chi connectivity index (χ1v) is 8.97. The van der Waals surface area contributed by atoms with E-state index in [4.69, 9.17) is 0 Å². The van der Waals surface area contributed by atoms with E-state index in [1.165, 1.54) is 24.3 Å². The average molecular weight is 350 g/mol. The molecule has 0 atom stereocenters. The highest BCUT2D eigenvalue weighted by Crippen LogP contribution is 2.24. The van der Waals surface area contributed by atoms with E-state index in [1.807, 2.05) is 0 Å². The molecule has 0 bridgehead atoms. The van der Waals surface area contributed by atoms with Gasteiger partial charge in [0.1, 0.15) is 5.82 Å². The fourth-order valence-corrected chi connectivity index (χ4v) is 3.22. The van der Waals surface area contributed by atoms with E-state index in [9.17, 15) is 17.6 Å². The smallest absolute Gasteiger partial charge is 0.319 e. The first kappa shape index (κ1) is 17.9. The van der Waals surface area contributed by atoms with Crippen LogP contribution in [-0.4, -0.2) is 19.7 Å². The van der Waals surface area contributed by atoms with Gasteiger partial charge in [-0.1, -0.05) is 24.3 Å². The summed E-state index contributed by atoms with van der Waals surface area (Å²) in [6, 6.07) is 11.5. The van der Waals surface area contributed by atoms with Gasteiger partial charge in [-0.25, -0.2) is 17.6 Å². The summed E-state index contributed by atoms with van der Waals surface area (Å²) in [4.78, 5) is 12.1. The molecule has 5 nitrogen and oxygen atoms in total. The second kappa shape index (κ2) is 7.44. The van der Waals surface area contributed by atoms with Crippen LogP contribution in [0.25, 0.3) is 0 Å². The van der Waals surface area contributed by atoms with Crippen LogP contribution in [0.1, 0.15) is 19.4 Å². The number of nitrogens with one attached hydrogen (secondary N) is 2. The number of carbonyl (C=O) groups is 1. The summed E-state index contributed by atoms with van der Waals surface area (Å²) in [7, 11) is -3.51. The summed E-state index contributed by atoms with van der Waals surface area (Å²) in [6.45, 7) is 3.37. The van der Waals surface area contributed by atoms with Crippen molar-refractivity contribution in [3.05, 3.63) is 59.9 Å². The summed E-state index contributed by atoms with van der Waals surface area (Å²) >= 11 is 0. The maximum Gasteiger partial charge on any atom is 0.319 e. The van der Waals surface area contributed by atoms with Crippen LogP contribution in [0, 0.1) is 5.82 Å². The van der Waals surface area contributed by atoms with Gasteiger partial charge < -0.3 is 10.6 Å². The lowest BCUT2D eigenvalue weighted by Gasteiger charge is -2.14. The molecule has 0 radical (unpaired) electrons. The summed E-state index contributed by atoms with van der Waals surface area (Å²) in [6.07, 6.45) is 0. The standard InChI is InChI=1S/C17H19FN2O3S/c1-12(2)24(22,23)16-6-4-3-5-15(16)20-17(21)19-11-13-7-9-14(18)10-8-13/h3-10,12H,11H2,1-2H3,(H2,19,20,21). The van der Waals surface area contributed by atoms with Crippen molar-refractivity contribution in [3.63, 3.8) is 0 Å². The van der Waals surface area contributed by atoms with Crippen LogP contribution in [0.5, 0.6) is 0 Å². The minimum absolute atomic E-state index is 0.0805. The van der Waals surface area contributed by atoms with Crippen molar-refractivity contribution in [2.24, 2.45) is 0 Å². The van der Waals surface area contributed by atoms with Gasteiger partial charge in [0.05, 0.1) is 15.8 Å². The first-order valence-electron chi connectivity index (χ1n) is 7.43. The third-order valence-electron chi connectivity index (χ3n) is 3.43. The van der Waals surface area contributed by atoms with E-state index in [1.54, 1.807) is 38.1 Å². The molecule has 0 fully saturated rings. The van der Waals surface area contributed by atoms with Crippen LogP contribution < -0.4 is 10.6 Å². The number of rotatable bonds is 5. The molecule has 0 unspecified atom stereocenters. The number of urea groups is 1. The fourth-order valence-electron chi connectivity index (χ4n) is 2.02. The molecule has 7 heteroatoms. The number of hydrogen-bond acceptors (Lipinski definition) is 3. The second-order valence-electron chi connectivity index (χ2n) is 5.52. The van der Waals surface area contributed by atoms with Crippen molar-refractivity contribution in [1.29, 1.82) is 0 Å². The van der Waals surface area contributed by atoms with Gasteiger partial charge in [0, 0.05) is 6.54 Å². The molecule has 2 rings (SSSR count). The topological polar surface area (TPSA) is 75.3 Å². The van der Waals surface area contributed by atoms with Crippen LogP contribution in [0.3, 0.4) is 0 Å². The number of anilines is 1. The average Bonchev–Trinajstić information content (AvgIpc) is 2.54. The molecule has 128 valence electrons. The Labute approximate surface area is 140 Å². The second-order valence-corrected chi connectivity index (χ2v) is 8.00. The van der Waals surface area contributed by atoms with E-state index < -0.39 is 21.1 Å². The monoisotopic (exact) mass is 350 g/mol. The number of halogens is 1. The third-order valence-corrected chi connectivity index (χ3v) is 5.64. The Balaban J connectivity index is 2.08. The zero-order valence-electron chi connectivity index (χ0n) is 13.4. The Kier molecular flexibility index (Phi) is 5.56. The molecular weight excluding hydrogens is 331 g/mol. The summed E-state index contributed by atoms with van der Waals surface area (Å²) in [5.74, 6) is -0.351. The predicted molar refractivity (Wildman–Crippen MR) is 91.0 cm³/mol. The fraction of sp³-hybridized carbons (Fsp3) is 0.235. The van der Waals surface area contributed by atoms with Crippen LogP contribution in [-0.2, 0) is 16.4 Å². The molecule has 0 aliphatic rings. The molecule has 2 aromatic rings. The predicted octanol–water partition coefficient (Wildman–Crippen LogP) is 3.33. The molecule has 0 spiro atoms. The minimum Gasteiger partial charge on any atom is -0.334 e. The van der Waals surface area contributed by atoms with Gasteiger partial charge in [0.25, 0.3) is 0 Å². The number of benzene rings is 2. The van der Waals surface area contributed by atoms with Crippen molar-refractivity contribution in [3.8, 4) is 0 Å². The largest absolute Gasteiger partial charge is 0.334 e. The van der Waals surface area contributed by atoms with E-state index in [-0.39, 0.29) is 22.9 Å². The van der Waals surface area contributed by atoms with Gasteiger partial charge >= 0.3 is 6.03 Å². The van der Waals surface area contributed by atoms with Gasteiger partial charge in [-0.3, -0.25) is 0 Å². The lowest BCUT2D eigenvalue weighted by molar-refractivity contribution is 0.251. The van der Waals surface area contributed by atoms with Gasteiger partial charge in [0.15, 0.2) is 9.84 Å². The summed E-state index contributed by atoms with van der Waals surface area (Å²) in [5, 5.41) is 4.56. The SMILES string of the molecule is CC(C)S(=O)(=O)c1ccccc1NC(=O)NCc1ccc(F)cc1. The van der Waals surface area contributed by atoms with E-state index in [0.717, 1.165) is 5.56 Å². The Morgan fingerprint density at radius 3 is 2.33 bits per heavy atom. The molecule has 0 saturated heterocycles. The highest BCUT2D eigenvalue weighted by Gasteiger charge is 2.23. The molecule has 0 aromatic heterocycles. The lowest BCUT2D eigenvalue weighted by Crippen LogP contribution is -2.29. The Morgan fingerprint density at radius 2 is 1.71 bits per heavy atom. The highest BCUT2D eigenvalue weighted by atomic mass is 32.2. The molecule has 0 aliphatic heterocycles. The first-order chi connectivity index (χ1) is 11.3. The van der Waals surface area contributed by atoms with Crippen molar-refractivity contribution in [2.75, 3.05) is 5.32 Å². The Morgan fingerprint density at radius 1 is 1.08 bits per heavy atom.